The Morgan fingerprint density at radius 3 is 2.89 bits per heavy atom. The van der Waals surface area contributed by atoms with Crippen LogP contribution in [0.15, 0.2) is 46.2 Å². The topological polar surface area (TPSA) is 61.2 Å². The van der Waals surface area contributed by atoms with Crippen LogP contribution in [0.3, 0.4) is 0 Å². The quantitative estimate of drug-likeness (QED) is 0.696. The van der Waals surface area contributed by atoms with Crippen LogP contribution < -0.4 is 4.18 Å². The highest BCUT2D eigenvalue weighted by Crippen LogP contribution is 2.24. The Morgan fingerprint density at radius 2 is 2.16 bits per heavy atom. The van der Waals surface area contributed by atoms with Gasteiger partial charge in [0.25, 0.3) is 0 Å². The lowest BCUT2D eigenvalue weighted by atomic mass is 10.3. The Morgan fingerprint density at radius 1 is 1.32 bits per heavy atom. The van der Waals surface area contributed by atoms with Crippen molar-refractivity contribution in [3.05, 3.63) is 42.0 Å². The highest BCUT2D eigenvalue weighted by molar-refractivity contribution is 7.89. The lowest BCUT2D eigenvalue weighted by Crippen LogP contribution is -2.07. The number of rotatable bonds is 3. The van der Waals surface area contributed by atoms with Gasteiger partial charge in [0.05, 0.1) is 17.4 Å². The molecule has 0 fully saturated rings. The standard InChI is InChI=1S/C12H10N2O3S2/c1-14-8-13-10-7-9(4-5-11(10)14)17-19(15,16)12-3-2-6-18-12/h2-8H,1H3. The number of aromatic nitrogens is 2. The lowest BCUT2D eigenvalue weighted by molar-refractivity contribution is 0.488. The van der Waals surface area contributed by atoms with E-state index in [0.29, 0.717) is 5.52 Å². The van der Waals surface area contributed by atoms with E-state index in [4.69, 9.17) is 4.18 Å². The molecule has 0 unspecified atom stereocenters. The van der Waals surface area contributed by atoms with Gasteiger partial charge in [0.1, 0.15) is 5.75 Å². The van der Waals surface area contributed by atoms with Crippen molar-refractivity contribution >= 4 is 32.5 Å². The molecule has 1 aromatic carbocycles. The molecule has 5 nitrogen and oxygen atoms in total. The molecule has 0 spiro atoms. The third kappa shape index (κ3) is 2.22. The number of nitrogens with zero attached hydrogens (tertiary/aromatic N) is 2. The molecule has 0 saturated carbocycles. The fraction of sp³-hybridized carbons (Fsp3) is 0.0833. The summed E-state index contributed by atoms with van der Waals surface area (Å²) in [6.45, 7) is 0. The number of hydrogen-bond donors (Lipinski definition) is 0. The first-order valence-electron chi connectivity index (χ1n) is 5.45. The molecule has 0 aliphatic rings. The first kappa shape index (κ1) is 12.2. The van der Waals surface area contributed by atoms with Crippen LogP contribution in [-0.4, -0.2) is 18.0 Å². The van der Waals surface area contributed by atoms with Crippen molar-refractivity contribution in [1.82, 2.24) is 9.55 Å². The molecule has 2 aromatic heterocycles. The molecule has 0 aliphatic carbocycles. The molecule has 0 N–H and O–H groups in total. The second-order valence-corrected chi connectivity index (χ2v) is 6.70. The Kier molecular flexibility index (Phi) is 2.79. The van der Waals surface area contributed by atoms with Crippen molar-refractivity contribution in [2.75, 3.05) is 0 Å². The molecule has 0 atom stereocenters. The minimum atomic E-state index is -3.75. The lowest BCUT2D eigenvalue weighted by Gasteiger charge is -2.05. The van der Waals surface area contributed by atoms with Crippen LogP contribution in [-0.2, 0) is 17.2 Å². The van der Waals surface area contributed by atoms with Crippen LogP contribution >= 0.6 is 11.3 Å². The highest BCUT2D eigenvalue weighted by atomic mass is 32.3. The van der Waals surface area contributed by atoms with Crippen molar-refractivity contribution in [2.45, 2.75) is 4.21 Å². The largest absolute Gasteiger partial charge is 0.378 e. The molecular weight excluding hydrogens is 284 g/mol. The maximum atomic E-state index is 12.0. The molecule has 0 amide bonds. The average molecular weight is 294 g/mol. The van der Waals surface area contributed by atoms with Gasteiger partial charge in [0.2, 0.25) is 0 Å². The Bertz CT molecular complexity index is 820. The monoisotopic (exact) mass is 294 g/mol. The Balaban J connectivity index is 1.98. The summed E-state index contributed by atoms with van der Waals surface area (Å²) < 4.78 is 31.1. The summed E-state index contributed by atoms with van der Waals surface area (Å²) >= 11 is 1.12. The van der Waals surface area contributed by atoms with E-state index < -0.39 is 10.1 Å². The first-order chi connectivity index (χ1) is 9.06. The predicted molar refractivity (Wildman–Crippen MR) is 72.8 cm³/mol. The Labute approximate surface area is 114 Å². The zero-order valence-electron chi connectivity index (χ0n) is 9.98. The van der Waals surface area contributed by atoms with Crippen molar-refractivity contribution in [3.63, 3.8) is 0 Å². The third-order valence-corrected chi connectivity index (χ3v) is 5.25. The molecule has 7 heteroatoms. The zero-order valence-corrected chi connectivity index (χ0v) is 11.6. The van der Waals surface area contributed by atoms with Crippen LogP contribution in [0.5, 0.6) is 5.75 Å². The molecule has 19 heavy (non-hydrogen) atoms. The number of hydrogen-bond acceptors (Lipinski definition) is 5. The number of imidazole rings is 1. The fourth-order valence-electron chi connectivity index (χ4n) is 1.74. The van der Waals surface area contributed by atoms with Crippen LogP contribution in [0, 0.1) is 0 Å². The van der Waals surface area contributed by atoms with Gasteiger partial charge >= 0.3 is 10.1 Å². The fourth-order valence-corrected chi connectivity index (χ4v) is 3.61. The third-order valence-electron chi connectivity index (χ3n) is 2.64. The van der Waals surface area contributed by atoms with Crippen molar-refractivity contribution in [2.24, 2.45) is 7.05 Å². The van der Waals surface area contributed by atoms with Crippen molar-refractivity contribution < 1.29 is 12.6 Å². The smallest absolute Gasteiger partial charge is 0.348 e. The minimum Gasteiger partial charge on any atom is -0.378 e. The highest BCUT2D eigenvalue weighted by Gasteiger charge is 2.18. The van der Waals surface area contributed by atoms with E-state index in [0.717, 1.165) is 16.9 Å². The van der Waals surface area contributed by atoms with Crippen LogP contribution in [0.2, 0.25) is 0 Å². The SMILES string of the molecule is Cn1cnc2cc(OS(=O)(=O)c3cccs3)ccc21. The minimum absolute atomic E-state index is 0.189. The van der Waals surface area contributed by atoms with Gasteiger partial charge < -0.3 is 8.75 Å². The van der Waals surface area contributed by atoms with Gasteiger partial charge in [-0.05, 0) is 23.6 Å². The van der Waals surface area contributed by atoms with Crippen LogP contribution in [0.4, 0.5) is 0 Å². The normalized spacial score (nSPS) is 11.8. The van der Waals surface area contributed by atoms with Crippen molar-refractivity contribution in [3.8, 4) is 5.75 Å². The van der Waals surface area contributed by atoms with Gasteiger partial charge in [-0.3, -0.25) is 0 Å². The number of benzene rings is 1. The summed E-state index contributed by atoms with van der Waals surface area (Å²) in [6, 6.07) is 8.19. The molecular formula is C12H10N2O3S2. The van der Waals surface area contributed by atoms with E-state index in [1.807, 2.05) is 11.6 Å². The summed E-state index contributed by atoms with van der Waals surface area (Å²) in [4.78, 5) is 4.16. The molecule has 3 rings (SSSR count). The summed E-state index contributed by atoms with van der Waals surface area (Å²) in [5.41, 5.74) is 1.61. The summed E-state index contributed by atoms with van der Waals surface area (Å²) in [7, 11) is -1.87. The van der Waals surface area contributed by atoms with E-state index in [9.17, 15) is 8.42 Å². The zero-order chi connectivity index (χ0) is 13.5. The number of thiophene rings is 1. The summed E-state index contributed by atoms with van der Waals surface area (Å²) in [5, 5.41) is 1.69. The summed E-state index contributed by atoms with van der Waals surface area (Å²) in [5.74, 6) is 0.264. The molecule has 0 radical (unpaired) electrons. The van der Waals surface area contributed by atoms with E-state index in [2.05, 4.69) is 4.98 Å². The van der Waals surface area contributed by atoms with Gasteiger partial charge in [-0.1, -0.05) is 6.07 Å². The van der Waals surface area contributed by atoms with Gasteiger partial charge in [-0.2, -0.15) is 8.42 Å². The second kappa shape index (κ2) is 4.36. The van der Waals surface area contributed by atoms with Crippen molar-refractivity contribution in [1.29, 1.82) is 0 Å². The molecule has 2 heterocycles. The van der Waals surface area contributed by atoms with E-state index in [1.165, 1.54) is 6.07 Å². The molecule has 98 valence electrons. The van der Waals surface area contributed by atoms with Gasteiger partial charge in [-0.15, -0.1) is 11.3 Å². The number of fused-ring (bicyclic) bond motifs is 1. The molecule has 3 aromatic rings. The number of aryl methyl sites for hydroxylation is 1. The first-order valence-corrected chi connectivity index (χ1v) is 7.74. The summed E-state index contributed by atoms with van der Waals surface area (Å²) in [6.07, 6.45) is 1.67. The average Bonchev–Trinajstić information content (AvgIpc) is 2.99. The van der Waals surface area contributed by atoms with Gasteiger partial charge in [-0.25, -0.2) is 4.98 Å². The predicted octanol–water partition coefficient (Wildman–Crippen LogP) is 2.40. The van der Waals surface area contributed by atoms with Crippen LogP contribution in [0.25, 0.3) is 11.0 Å². The molecule has 0 aliphatic heterocycles. The van der Waals surface area contributed by atoms with Crippen LogP contribution in [0.1, 0.15) is 0 Å². The Hall–Kier alpha value is -1.86. The van der Waals surface area contributed by atoms with E-state index >= 15 is 0 Å². The maximum absolute atomic E-state index is 12.0. The van der Waals surface area contributed by atoms with Gasteiger partial charge in [0.15, 0.2) is 4.21 Å². The molecule has 0 bridgehead atoms. The van der Waals surface area contributed by atoms with Gasteiger partial charge in [0, 0.05) is 13.1 Å². The maximum Gasteiger partial charge on any atom is 0.348 e. The van der Waals surface area contributed by atoms with E-state index in [-0.39, 0.29) is 9.96 Å². The molecule has 0 saturated heterocycles. The second-order valence-electron chi connectivity index (χ2n) is 3.98. The van der Waals surface area contributed by atoms with E-state index in [1.54, 1.807) is 36.0 Å².